The summed E-state index contributed by atoms with van der Waals surface area (Å²) in [5.74, 6) is -0.0452. The van der Waals surface area contributed by atoms with Crippen LogP contribution in [0.25, 0.3) is 0 Å². The van der Waals surface area contributed by atoms with Crippen molar-refractivity contribution >= 4 is 5.91 Å². The molecule has 1 aromatic heterocycles. The van der Waals surface area contributed by atoms with Gasteiger partial charge >= 0.3 is 0 Å². The zero-order valence-corrected chi connectivity index (χ0v) is 16.7. The monoisotopic (exact) mass is 381 g/mol. The minimum Gasteiger partial charge on any atom is -0.348 e. The van der Waals surface area contributed by atoms with Crippen molar-refractivity contribution in [1.82, 2.24) is 25.3 Å². The van der Waals surface area contributed by atoms with E-state index in [1.54, 1.807) is 0 Å². The van der Waals surface area contributed by atoms with Crippen molar-refractivity contribution in [2.45, 2.75) is 57.3 Å². The molecule has 1 aromatic carbocycles. The summed E-state index contributed by atoms with van der Waals surface area (Å²) >= 11 is 0. The first kappa shape index (κ1) is 19.2. The summed E-state index contributed by atoms with van der Waals surface area (Å²) in [6.45, 7) is 6.24. The highest BCUT2D eigenvalue weighted by Gasteiger charge is 2.27. The summed E-state index contributed by atoms with van der Waals surface area (Å²) in [5, 5.41) is 11.2. The molecule has 2 N–H and O–H groups in total. The van der Waals surface area contributed by atoms with Gasteiger partial charge in [0.15, 0.2) is 0 Å². The SMILES string of the molecule is CC1CC(NC(=O)c2ccn(C3CCCNC3)n2)CCN1Cc1ccccc1. The van der Waals surface area contributed by atoms with Gasteiger partial charge in [0, 0.05) is 37.9 Å². The summed E-state index contributed by atoms with van der Waals surface area (Å²) in [7, 11) is 0. The fourth-order valence-corrected chi connectivity index (χ4v) is 4.39. The smallest absolute Gasteiger partial charge is 0.271 e. The Hall–Kier alpha value is -2.18. The third kappa shape index (κ3) is 4.62. The number of benzene rings is 1. The first-order valence-corrected chi connectivity index (χ1v) is 10.5. The summed E-state index contributed by atoms with van der Waals surface area (Å²) < 4.78 is 1.95. The van der Waals surface area contributed by atoms with Gasteiger partial charge in [0.25, 0.3) is 5.91 Å². The average molecular weight is 382 g/mol. The van der Waals surface area contributed by atoms with E-state index in [0.717, 1.165) is 51.9 Å². The second-order valence-electron chi connectivity index (χ2n) is 8.18. The lowest BCUT2D eigenvalue weighted by Gasteiger charge is -2.38. The van der Waals surface area contributed by atoms with Crippen LogP contribution >= 0.6 is 0 Å². The number of aromatic nitrogens is 2. The normalized spacial score (nSPS) is 26.1. The van der Waals surface area contributed by atoms with Gasteiger partial charge in [0.1, 0.15) is 5.69 Å². The highest BCUT2D eigenvalue weighted by atomic mass is 16.2. The molecule has 3 heterocycles. The van der Waals surface area contributed by atoms with Crippen molar-refractivity contribution < 1.29 is 4.79 Å². The van der Waals surface area contributed by atoms with Crippen LogP contribution in [0.1, 0.15) is 54.7 Å². The molecule has 1 amide bonds. The molecule has 2 aliphatic heterocycles. The number of amides is 1. The molecule has 0 spiro atoms. The number of nitrogens with one attached hydrogen (secondary N) is 2. The van der Waals surface area contributed by atoms with Crippen LogP contribution in [0.2, 0.25) is 0 Å². The van der Waals surface area contributed by atoms with Gasteiger partial charge in [0.2, 0.25) is 0 Å². The standard InChI is InChI=1S/C22H31N5O/c1-17-14-19(9-12-26(17)16-18-6-3-2-4-7-18)24-22(28)21-10-13-27(25-21)20-8-5-11-23-15-20/h2-4,6-7,10,13,17,19-20,23H,5,8-9,11-12,14-16H2,1H3,(H,24,28). The van der Waals surface area contributed by atoms with Gasteiger partial charge in [-0.1, -0.05) is 30.3 Å². The predicted molar refractivity (Wildman–Crippen MR) is 110 cm³/mol. The fraction of sp³-hybridized carbons (Fsp3) is 0.545. The van der Waals surface area contributed by atoms with Crippen molar-refractivity contribution in [1.29, 1.82) is 0 Å². The van der Waals surface area contributed by atoms with Crippen LogP contribution in [-0.2, 0) is 6.54 Å². The van der Waals surface area contributed by atoms with Crippen LogP contribution in [0.15, 0.2) is 42.6 Å². The molecule has 6 nitrogen and oxygen atoms in total. The van der Waals surface area contributed by atoms with E-state index in [9.17, 15) is 4.79 Å². The van der Waals surface area contributed by atoms with Crippen molar-refractivity contribution in [3.63, 3.8) is 0 Å². The van der Waals surface area contributed by atoms with E-state index in [-0.39, 0.29) is 11.9 Å². The number of rotatable bonds is 5. The summed E-state index contributed by atoms with van der Waals surface area (Å²) in [4.78, 5) is 15.2. The number of hydrogen-bond donors (Lipinski definition) is 2. The van der Waals surface area contributed by atoms with Crippen LogP contribution in [0, 0.1) is 0 Å². The molecule has 2 saturated heterocycles. The number of piperidine rings is 2. The molecule has 6 heteroatoms. The Labute approximate surface area is 167 Å². The highest BCUT2D eigenvalue weighted by Crippen LogP contribution is 2.20. The first-order valence-electron chi connectivity index (χ1n) is 10.5. The molecule has 28 heavy (non-hydrogen) atoms. The molecule has 2 fully saturated rings. The summed E-state index contributed by atoms with van der Waals surface area (Å²) in [6.07, 6.45) is 6.18. The first-order chi connectivity index (χ1) is 13.7. The molecule has 4 rings (SSSR count). The van der Waals surface area contributed by atoms with Crippen molar-refractivity contribution in [3.05, 3.63) is 53.9 Å². The van der Waals surface area contributed by atoms with E-state index in [0.29, 0.717) is 17.8 Å². The average Bonchev–Trinajstić information content (AvgIpc) is 3.22. The van der Waals surface area contributed by atoms with Crippen LogP contribution in [-0.4, -0.2) is 52.3 Å². The van der Waals surface area contributed by atoms with Crippen molar-refractivity contribution in [2.75, 3.05) is 19.6 Å². The molecular weight excluding hydrogens is 350 g/mol. The molecule has 2 aromatic rings. The summed E-state index contributed by atoms with van der Waals surface area (Å²) in [6, 6.07) is 13.5. The molecule has 3 atom stereocenters. The van der Waals surface area contributed by atoms with Gasteiger partial charge in [-0.2, -0.15) is 5.10 Å². The molecule has 0 aliphatic carbocycles. The van der Waals surface area contributed by atoms with Crippen LogP contribution in [0.5, 0.6) is 0 Å². The maximum absolute atomic E-state index is 12.7. The largest absolute Gasteiger partial charge is 0.348 e. The molecule has 0 bridgehead atoms. The second kappa shape index (κ2) is 8.88. The maximum Gasteiger partial charge on any atom is 0.271 e. The van der Waals surface area contributed by atoms with Crippen molar-refractivity contribution in [3.8, 4) is 0 Å². The third-order valence-electron chi connectivity index (χ3n) is 6.06. The lowest BCUT2D eigenvalue weighted by Crippen LogP contribution is -2.48. The minimum absolute atomic E-state index is 0.0452. The van der Waals surface area contributed by atoms with Gasteiger partial charge < -0.3 is 10.6 Å². The van der Waals surface area contributed by atoms with E-state index in [2.05, 4.69) is 57.9 Å². The quantitative estimate of drug-likeness (QED) is 0.836. The van der Waals surface area contributed by atoms with E-state index in [1.807, 2.05) is 16.9 Å². The topological polar surface area (TPSA) is 62.2 Å². The number of hydrogen-bond acceptors (Lipinski definition) is 4. The van der Waals surface area contributed by atoms with E-state index >= 15 is 0 Å². The van der Waals surface area contributed by atoms with Gasteiger partial charge in [-0.3, -0.25) is 14.4 Å². The number of nitrogens with zero attached hydrogens (tertiary/aromatic N) is 3. The van der Waals surface area contributed by atoms with E-state index in [1.165, 1.54) is 5.56 Å². The maximum atomic E-state index is 12.7. The van der Waals surface area contributed by atoms with Crippen LogP contribution in [0.4, 0.5) is 0 Å². The van der Waals surface area contributed by atoms with Gasteiger partial charge in [-0.05, 0) is 50.8 Å². The number of carbonyl (C=O) groups is 1. The van der Waals surface area contributed by atoms with Crippen molar-refractivity contribution in [2.24, 2.45) is 0 Å². The Morgan fingerprint density at radius 3 is 2.86 bits per heavy atom. The highest BCUT2D eigenvalue weighted by molar-refractivity contribution is 5.92. The summed E-state index contributed by atoms with van der Waals surface area (Å²) in [5.41, 5.74) is 1.88. The predicted octanol–water partition coefficient (Wildman–Crippen LogP) is 2.59. The molecule has 0 saturated carbocycles. The van der Waals surface area contributed by atoms with E-state index < -0.39 is 0 Å². The third-order valence-corrected chi connectivity index (χ3v) is 6.06. The Kier molecular flexibility index (Phi) is 6.07. The zero-order chi connectivity index (χ0) is 19.3. The van der Waals surface area contributed by atoms with Crippen LogP contribution < -0.4 is 10.6 Å². The molecular formula is C22H31N5O. The molecule has 150 valence electrons. The lowest BCUT2D eigenvalue weighted by atomic mass is 9.97. The van der Waals surface area contributed by atoms with Gasteiger partial charge in [-0.25, -0.2) is 0 Å². The molecule has 2 aliphatic rings. The van der Waals surface area contributed by atoms with Gasteiger partial charge in [-0.15, -0.1) is 0 Å². The van der Waals surface area contributed by atoms with Crippen LogP contribution in [0.3, 0.4) is 0 Å². The van der Waals surface area contributed by atoms with E-state index in [4.69, 9.17) is 0 Å². The number of likely N-dealkylation sites (tertiary alicyclic amines) is 1. The lowest BCUT2D eigenvalue weighted by molar-refractivity contribution is 0.0860. The fourth-order valence-electron chi connectivity index (χ4n) is 4.39. The second-order valence-corrected chi connectivity index (χ2v) is 8.18. The Bertz CT molecular complexity index is 768. The molecule has 0 radical (unpaired) electrons. The zero-order valence-electron chi connectivity index (χ0n) is 16.7. The Morgan fingerprint density at radius 2 is 2.11 bits per heavy atom. The molecule has 3 unspecified atom stereocenters. The minimum atomic E-state index is -0.0452. The van der Waals surface area contributed by atoms with Gasteiger partial charge in [0.05, 0.1) is 6.04 Å². The Balaban J connectivity index is 1.29. The Morgan fingerprint density at radius 1 is 1.25 bits per heavy atom. The number of carbonyl (C=O) groups excluding carboxylic acids is 1.